The molecule has 1 atom stereocenters. The van der Waals surface area contributed by atoms with Crippen molar-refractivity contribution in [2.75, 3.05) is 38.3 Å². The summed E-state index contributed by atoms with van der Waals surface area (Å²) < 4.78 is 5.41. The van der Waals surface area contributed by atoms with Crippen LogP contribution in [0.2, 0.25) is 0 Å². The van der Waals surface area contributed by atoms with Crippen molar-refractivity contribution in [1.82, 2.24) is 20.1 Å². The molecule has 1 N–H and O–H groups in total. The van der Waals surface area contributed by atoms with Crippen LogP contribution in [-0.4, -0.2) is 59.3 Å². The van der Waals surface area contributed by atoms with Gasteiger partial charge in [-0.15, -0.1) is 0 Å². The van der Waals surface area contributed by atoms with Gasteiger partial charge >= 0.3 is 0 Å². The van der Waals surface area contributed by atoms with E-state index in [0.29, 0.717) is 18.1 Å². The van der Waals surface area contributed by atoms with Crippen LogP contribution in [0.25, 0.3) is 11.3 Å². The highest BCUT2D eigenvalue weighted by Crippen LogP contribution is 2.30. The van der Waals surface area contributed by atoms with Crippen molar-refractivity contribution < 1.29 is 9.53 Å². The Morgan fingerprint density at radius 3 is 2.72 bits per heavy atom. The molecular weight excluding hydrogens is 386 g/mol. The molecule has 0 radical (unpaired) electrons. The molecule has 8 heteroatoms. The zero-order valence-electron chi connectivity index (χ0n) is 16.9. The van der Waals surface area contributed by atoms with Crippen LogP contribution in [0.1, 0.15) is 34.0 Å². The van der Waals surface area contributed by atoms with E-state index in [0.717, 1.165) is 40.9 Å². The van der Waals surface area contributed by atoms with Crippen molar-refractivity contribution in [3.8, 4) is 11.3 Å². The lowest BCUT2D eigenvalue weighted by molar-refractivity contribution is 0.0743. The first-order chi connectivity index (χ1) is 14.0. The number of nitrogens with zero attached hydrogens (tertiary/aromatic N) is 4. The number of H-pyrrole nitrogens is 1. The fourth-order valence-electron chi connectivity index (χ4n) is 3.32. The van der Waals surface area contributed by atoms with E-state index < -0.39 is 0 Å². The molecule has 0 spiro atoms. The lowest BCUT2D eigenvalue weighted by Gasteiger charge is -2.26. The number of carbonyl (C=O) groups is 1. The summed E-state index contributed by atoms with van der Waals surface area (Å²) in [5.74, 6) is -0.0251. The van der Waals surface area contributed by atoms with Crippen molar-refractivity contribution in [2.45, 2.75) is 19.9 Å². The number of amides is 1. The maximum atomic E-state index is 13.2. The molecule has 1 saturated heterocycles. The van der Waals surface area contributed by atoms with Crippen LogP contribution in [0.3, 0.4) is 0 Å². The zero-order chi connectivity index (χ0) is 20.4. The van der Waals surface area contributed by atoms with Crippen LogP contribution in [0.5, 0.6) is 0 Å². The smallest absolute Gasteiger partial charge is 0.266 e. The average Bonchev–Trinajstić information content (AvgIpc) is 3.41. The topological polar surface area (TPSA) is 74.4 Å². The van der Waals surface area contributed by atoms with Crippen molar-refractivity contribution in [2.24, 2.45) is 0 Å². The fourth-order valence-corrected chi connectivity index (χ4v) is 4.42. The monoisotopic (exact) mass is 411 g/mol. The van der Waals surface area contributed by atoms with Gasteiger partial charge in [0.25, 0.3) is 5.91 Å². The molecule has 1 fully saturated rings. The minimum absolute atomic E-state index is 0.0251. The first-order valence-electron chi connectivity index (χ1n) is 9.72. The number of anilines is 1. The number of hydrogen-bond acceptors (Lipinski definition) is 6. The molecule has 0 bridgehead atoms. The predicted octanol–water partition coefficient (Wildman–Crippen LogP) is 3.51. The summed E-state index contributed by atoms with van der Waals surface area (Å²) in [7, 11) is 1.82. The molecule has 1 aromatic carbocycles. The van der Waals surface area contributed by atoms with Crippen molar-refractivity contribution in [1.29, 1.82) is 0 Å². The molecule has 1 aliphatic heterocycles. The summed E-state index contributed by atoms with van der Waals surface area (Å²) in [5.41, 5.74) is 3.59. The first kappa shape index (κ1) is 19.6. The number of nitrogens with one attached hydrogen (secondary N) is 1. The third-order valence-corrected chi connectivity index (χ3v) is 6.49. The van der Waals surface area contributed by atoms with Crippen LogP contribution >= 0.6 is 11.3 Å². The normalized spacial score (nSPS) is 15.3. The average molecular weight is 412 g/mol. The molecule has 1 unspecified atom stereocenters. The van der Waals surface area contributed by atoms with Gasteiger partial charge in [0.2, 0.25) is 0 Å². The van der Waals surface area contributed by atoms with Crippen molar-refractivity contribution >= 4 is 22.4 Å². The number of rotatable bonds is 5. The van der Waals surface area contributed by atoms with Gasteiger partial charge in [0.05, 0.1) is 36.3 Å². The predicted molar refractivity (Wildman–Crippen MR) is 114 cm³/mol. The molecule has 4 rings (SSSR count). The number of ether oxygens (including phenoxy) is 1. The number of carbonyl (C=O) groups excluding carboxylic acids is 1. The van der Waals surface area contributed by atoms with Crippen LogP contribution in [0, 0.1) is 6.92 Å². The standard InChI is InChI=1S/C21H25N5O2S/c1-14-19(29-21(22-14)26-9-11-28-12-10-26)20(27)25(3)15(2)17-13-18(24-23-17)16-7-5-4-6-8-16/h4-8,13,15H,9-12H2,1-3H3,(H,23,24). The molecule has 152 valence electrons. The Kier molecular flexibility index (Phi) is 5.64. The second-order valence-electron chi connectivity index (χ2n) is 7.18. The second-order valence-corrected chi connectivity index (χ2v) is 8.15. The minimum Gasteiger partial charge on any atom is -0.378 e. The van der Waals surface area contributed by atoms with Gasteiger partial charge in [-0.1, -0.05) is 41.7 Å². The Morgan fingerprint density at radius 1 is 1.28 bits per heavy atom. The Balaban J connectivity index is 1.50. The number of benzene rings is 1. The molecule has 0 aliphatic carbocycles. The van der Waals surface area contributed by atoms with Crippen LogP contribution < -0.4 is 4.90 Å². The van der Waals surface area contributed by atoms with Crippen LogP contribution in [0.15, 0.2) is 36.4 Å². The van der Waals surface area contributed by atoms with Gasteiger partial charge in [-0.3, -0.25) is 9.89 Å². The van der Waals surface area contributed by atoms with Gasteiger partial charge < -0.3 is 14.5 Å². The molecular formula is C21H25N5O2S. The van der Waals surface area contributed by atoms with Gasteiger partial charge in [-0.05, 0) is 19.9 Å². The third kappa shape index (κ3) is 4.04. The Hall–Kier alpha value is -2.71. The molecule has 0 saturated carbocycles. The summed E-state index contributed by atoms with van der Waals surface area (Å²) in [4.78, 5) is 22.4. The molecule has 2 aromatic heterocycles. The summed E-state index contributed by atoms with van der Waals surface area (Å²) >= 11 is 1.46. The van der Waals surface area contributed by atoms with Crippen LogP contribution in [-0.2, 0) is 4.74 Å². The van der Waals surface area contributed by atoms with Crippen LogP contribution in [0.4, 0.5) is 5.13 Å². The highest BCUT2D eigenvalue weighted by Gasteiger charge is 2.26. The maximum absolute atomic E-state index is 13.2. The number of thiazole rings is 1. The van der Waals surface area contributed by atoms with Gasteiger partial charge in [0, 0.05) is 25.7 Å². The quantitative estimate of drug-likeness (QED) is 0.695. The van der Waals surface area contributed by atoms with E-state index in [1.165, 1.54) is 11.3 Å². The van der Waals surface area contributed by atoms with Crippen molar-refractivity contribution in [3.63, 3.8) is 0 Å². The lowest BCUT2D eigenvalue weighted by atomic mass is 10.1. The Morgan fingerprint density at radius 2 is 2.00 bits per heavy atom. The summed E-state index contributed by atoms with van der Waals surface area (Å²) in [6.07, 6.45) is 0. The van der Waals surface area contributed by atoms with E-state index in [-0.39, 0.29) is 11.9 Å². The Labute approximate surface area is 174 Å². The highest BCUT2D eigenvalue weighted by atomic mass is 32.1. The molecule has 1 amide bonds. The van der Waals surface area contributed by atoms with E-state index in [1.54, 1.807) is 4.90 Å². The number of aromatic nitrogens is 3. The SMILES string of the molecule is Cc1nc(N2CCOCC2)sc1C(=O)N(C)C(C)c1cc(-c2ccccc2)n[nH]1. The number of aryl methyl sites for hydroxylation is 1. The molecule has 1 aliphatic rings. The number of aromatic amines is 1. The lowest BCUT2D eigenvalue weighted by Crippen LogP contribution is -2.36. The largest absolute Gasteiger partial charge is 0.378 e. The van der Waals surface area contributed by atoms with E-state index >= 15 is 0 Å². The number of hydrogen-bond donors (Lipinski definition) is 1. The second kappa shape index (κ2) is 8.34. The van der Waals surface area contributed by atoms with E-state index in [9.17, 15) is 4.79 Å². The van der Waals surface area contributed by atoms with Gasteiger partial charge in [-0.2, -0.15) is 5.10 Å². The fraction of sp³-hybridized carbons (Fsp3) is 0.381. The van der Waals surface area contributed by atoms with Gasteiger partial charge in [-0.25, -0.2) is 4.98 Å². The molecule has 7 nitrogen and oxygen atoms in total. The third-order valence-electron chi connectivity index (χ3n) is 5.28. The Bertz CT molecular complexity index is 978. The van der Waals surface area contributed by atoms with E-state index in [4.69, 9.17) is 4.74 Å². The summed E-state index contributed by atoms with van der Waals surface area (Å²) in [6, 6.07) is 11.9. The molecule has 3 heterocycles. The zero-order valence-corrected chi connectivity index (χ0v) is 17.7. The summed E-state index contributed by atoms with van der Waals surface area (Å²) in [5, 5.41) is 8.39. The summed E-state index contributed by atoms with van der Waals surface area (Å²) in [6.45, 7) is 6.91. The molecule has 29 heavy (non-hydrogen) atoms. The van der Waals surface area contributed by atoms with Gasteiger partial charge in [0.1, 0.15) is 4.88 Å². The van der Waals surface area contributed by atoms with Gasteiger partial charge in [0.15, 0.2) is 5.13 Å². The van der Waals surface area contributed by atoms with Crippen molar-refractivity contribution in [3.05, 3.63) is 52.7 Å². The minimum atomic E-state index is -0.138. The maximum Gasteiger partial charge on any atom is 0.266 e. The van der Waals surface area contributed by atoms with E-state index in [2.05, 4.69) is 20.1 Å². The first-order valence-corrected chi connectivity index (χ1v) is 10.5. The highest BCUT2D eigenvalue weighted by molar-refractivity contribution is 7.17. The number of morpholine rings is 1. The van der Waals surface area contributed by atoms with E-state index in [1.807, 2.05) is 57.3 Å². The molecule has 3 aromatic rings.